The molecular weight excluding hydrogens is 183 g/mol. The summed E-state index contributed by atoms with van der Waals surface area (Å²) in [6, 6.07) is 1.45. The highest BCUT2D eigenvalue weighted by molar-refractivity contribution is 5.09. The van der Waals surface area contributed by atoms with Gasteiger partial charge < -0.3 is 10.1 Å². The zero-order valence-corrected chi connectivity index (χ0v) is 8.09. The summed E-state index contributed by atoms with van der Waals surface area (Å²) < 4.78 is 18.4. The molecule has 1 fully saturated rings. The Balaban J connectivity index is 1.91. The average Bonchev–Trinajstić information content (AvgIpc) is 2.12. The Bertz CT molecular complexity index is 326. The van der Waals surface area contributed by atoms with Crippen LogP contribution in [0.25, 0.3) is 0 Å². The van der Waals surface area contributed by atoms with Crippen molar-refractivity contribution in [1.82, 2.24) is 10.3 Å². The van der Waals surface area contributed by atoms with Crippen LogP contribution in [0.2, 0.25) is 0 Å². The lowest BCUT2D eigenvalue weighted by atomic mass is 10.00. The zero-order valence-electron chi connectivity index (χ0n) is 8.09. The van der Waals surface area contributed by atoms with Gasteiger partial charge in [-0.2, -0.15) is 0 Å². The lowest BCUT2D eigenvalue weighted by Crippen LogP contribution is -2.58. The van der Waals surface area contributed by atoms with Crippen molar-refractivity contribution in [3.63, 3.8) is 0 Å². The number of aromatic nitrogens is 1. The first kappa shape index (κ1) is 9.55. The van der Waals surface area contributed by atoms with Crippen LogP contribution in [0.15, 0.2) is 18.5 Å². The first-order chi connectivity index (χ1) is 6.68. The molecule has 1 saturated heterocycles. The number of hydrogen-bond acceptors (Lipinski definition) is 3. The quantitative estimate of drug-likeness (QED) is 0.786. The number of rotatable bonds is 3. The van der Waals surface area contributed by atoms with Crippen molar-refractivity contribution in [2.24, 2.45) is 0 Å². The second-order valence-corrected chi connectivity index (χ2v) is 3.85. The van der Waals surface area contributed by atoms with E-state index in [1.165, 1.54) is 12.3 Å². The van der Waals surface area contributed by atoms with Crippen molar-refractivity contribution >= 4 is 0 Å². The minimum absolute atomic E-state index is 0.0910. The fourth-order valence-corrected chi connectivity index (χ4v) is 1.37. The number of pyridine rings is 1. The van der Waals surface area contributed by atoms with Gasteiger partial charge in [-0.3, -0.25) is 4.98 Å². The third-order valence-electron chi connectivity index (χ3n) is 2.35. The summed E-state index contributed by atoms with van der Waals surface area (Å²) in [7, 11) is 0. The van der Waals surface area contributed by atoms with Gasteiger partial charge in [-0.25, -0.2) is 4.39 Å². The summed E-state index contributed by atoms with van der Waals surface area (Å²) in [6.07, 6.45) is 2.81. The molecule has 1 N–H and O–H groups in total. The smallest absolute Gasteiger partial charge is 0.141 e. The minimum atomic E-state index is -0.317. The van der Waals surface area contributed by atoms with Crippen molar-refractivity contribution in [3.05, 3.63) is 29.8 Å². The number of halogens is 1. The maximum Gasteiger partial charge on any atom is 0.141 e. The molecule has 0 saturated carbocycles. The normalized spacial score (nSPS) is 19.0. The molecule has 2 rings (SSSR count). The van der Waals surface area contributed by atoms with Gasteiger partial charge in [-0.1, -0.05) is 0 Å². The molecule has 1 aromatic rings. The monoisotopic (exact) mass is 196 g/mol. The summed E-state index contributed by atoms with van der Waals surface area (Å²) in [5, 5.41) is 3.13. The molecule has 0 spiro atoms. The third-order valence-corrected chi connectivity index (χ3v) is 2.35. The van der Waals surface area contributed by atoms with E-state index in [1.54, 1.807) is 6.20 Å². The second kappa shape index (κ2) is 3.63. The number of nitrogens with zero attached hydrogens (tertiary/aromatic N) is 1. The molecule has 0 amide bonds. The highest BCUT2D eigenvalue weighted by Crippen LogP contribution is 2.17. The molecule has 1 aromatic heterocycles. The maximum atomic E-state index is 12.8. The summed E-state index contributed by atoms with van der Waals surface area (Å²) >= 11 is 0. The van der Waals surface area contributed by atoms with Gasteiger partial charge in [0.25, 0.3) is 0 Å². The second-order valence-electron chi connectivity index (χ2n) is 3.85. The topological polar surface area (TPSA) is 34.1 Å². The molecule has 1 aliphatic rings. The molecule has 76 valence electrons. The molecule has 14 heavy (non-hydrogen) atoms. The van der Waals surface area contributed by atoms with Crippen LogP contribution < -0.4 is 5.32 Å². The van der Waals surface area contributed by atoms with E-state index in [1.807, 2.05) is 6.92 Å². The third kappa shape index (κ3) is 2.08. The van der Waals surface area contributed by atoms with Gasteiger partial charge in [0.05, 0.1) is 18.4 Å². The van der Waals surface area contributed by atoms with Crippen LogP contribution in [-0.2, 0) is 11.3 Å². The van der Waals surface area contributed by atoms with Gasteiger partial charge in [0.15, 0.2) is 0 Å². The van der Waals surface area contributed by atoms with Crippen LogP contribution in [0.4, 0.5) is 4.39 Å². The molecule has 3 nitrogen and oxygen atoms in total. The Morgan fingerprint density at radius 2 is 2.36 bits per heavy atom. The van der Waals surface area contributed by atoms with Crippen LogP contribution in [0.1, 0.15) is 12.5 Å². The van der Waals surface area contributed by atoms with Crippen molar-refractivity contribution in [3.8, 4) is 0 Å². The Morgan fingerprint density at radius 3 is 2.93 bits per heavy atom. The Labute approximate surface area is 82.3 Å². The fourth-order valence-electron chi connectivity index (χ4n) is 1.37. The highest BCUT2D eigenvalue weighted by atomic mass is 19.1. The van der Waals surface area contributed by atoms with Crippen molar-refractivity contribution in [1.29, 1.82) is 0 Å². The van der Waals surface area contributed by atoms with Gasteiger partial charge in [0.1, 0.15) is 5.82 Å². The van der Waals surface area contributed by atoms with Crippen LogP contribution in [0, 0.1) is 5.82 Å². The van der Waals surface area contributed by atoms with Gasteiger partial charge in [0.2, 0.25) is 0 Å². The van der Waals surface area contributed by atoms with E-state index in [4.69, 9.17) is 4.74 Å². The van der Waals surface area contributed by atoms with Crippen molar-refractivity contribution < 1.29 is 9.13 Å². The van der Waals surface area contributed by atoms with Crippen molar-refractivity contribution in [2.75, 3.05) is 13.1 Å². The fraction of sp³-hybridized carbons (Fsp3) is 0.500. The molecular formula is C10H13FN2O. The molecule has 0 bridgehead atoms. The Hall–Kier alpha value is -1.00. The predicted octanol–water partition coefficient (Wildman–Crippen LogP) is 1.10. The van der Waals surface area contributed by atoms with Gasteiger partial charge >= 0.3 is 0 Å². The van der Waals surface area contributed by atoms with Gasteiger partial charge in [-0.05, 0) is 18.6 Å². The van der Waals surface area contributed by atoms with E-state index in [0.29, 0.717) is 6.61 Å². The Kier molecular flexibility index (Phi) is 2.48. The molecule has 1 aliphatic heterocycles. The van der Waals surface area contributed by atoms with Crippen LogP contribution >= 0.6 is 0 Å². The number of nitrogens with one attached hydrogen (secondary N) is 1. The average molecular weight is 196 g/mol. The summed E-state index contributed by atoms with van der Waals surface area (Å²) in [4.78, 5) is 3.76. The van der Waals surface area contributed by atoms with E-state index in [9.17, 15) is 4.39 Å². The minimum Gasteiger partial charge on any atom is -0.368 e. The Morgan fingerprint density at radius 1 is 1.57 bits per heavy atom. The van der Waals surface area contributed by atoms with Crippen LogP contribution in [-0.4, -0.2) is 23.7 Å². The van der Waals surface area contributed by atoms with E-state index >= 15 is 0 Å². The SMILES string of the molecule is CC1(OCc2cncc(F)c2)CNC1. The van der Waals surface area contributed by atoms with Crippen LogP contribution in [0.5, 0.6) is 0 Å². The first-order valence-electron chi connectivity index (χ1n) is 4.62. The van der Waals surface area contributed by atoms with Crippen molar-refractivity contribution in [2.45, 2.75) is 19.1 Å². The zero-order chi connectivity index (χ0) is 10.0. The first-order valence-corrected chi connectivity index (χ1v) is 4.62. The maximum absolute atomic E-state index is 12.8. The lowest BCUT2D eigenvalue weighted by Gasteiger charge is -2.39. The largest absolute Gasteiger partial charge is 0.368 e. The van der Waals surface area contributed by atoms with Gasteiger partial charge in [0, 0.05) is 19.3 Å². The van der Waals surface area contributed by atoms with Crippen LogP contribution in [0.3, 0.4) is 0 Å². The molecule has 0 radical (unpaired) electrons. The van der Waals surface area contributed by atoms with E-state index < -0.39 is 0 Å². The molecule has 2 heterocycles. The number of ether oxygens (including phenoxy) is 1. The summed E-state index contributed by atoms with van der Waals surface area (Å²) in [6.45, 7) is 4.17. The summed E-state index contributed by atoms with van der Waals surface area (Å²) in [5.41, 5.74) is 0.685. The predicted molar refractivity (Wildman–Crippen MR) is 50.3 cm³/mol. The molecule has 0 aromatic carbocycles. The molecule has 0 atom stereocenters. The highest BCUT2D eigenvalue weighted by Gasteiger charge is 2.32. The summed E-state index contributed by atoms with van der Waals surface area (Å²) in [5.74, 6) is -0.317. The number of hydrogen-bond donors (Lipinski definition) is 1. The standard InChI is InChI=1S/C10H13FN2O/c1-10(6-13-7-10)14-5-8-2-9(11)4-12-3-8/h2-4,13H,5-7H2,1H3. The molecule has 0 aliphatic carbocycles. The molecule has 0 unspecified atom stereocenters. The van der Waals surface area contributed by atoms with E-state index in [0.717, 1.165) is 18.7 Å². The molecule has 4 heteroatoms. The van der Waals surface area contributed by atoms with Gasteiger partial charge in [-0.15, -0.1) is 0 Å². The lowest BCUT2D eigenvalue weighted by molar-refractivity contribution is -0.0768. The van der Waals surface area contributed by atoms with E-state index in [-0.39, 0.29) is 11.4 Å². The van der Waals surface area contributed by atoms with E-state index in [2.05, 4.69) is 10.3 Å².